The SMILES string of the molecule is O=C(/C=C/c1cccs1)N1CCC(N2C(=O)CN(C(=O)/C=C/c3cccs3)C2=O)CC1. The van der Waals surface area contributed by atoms with Crippen LogP contribution in [-0.2, 0) is 14.4 Å². The smallest absolute Gasteiger partial charge is 0.334 e. The van der Waals surface area contributed by atoms with Crippen LogP contribution in [0, 0.1) is 0 Å². The van der Waals surface area contributed by atoms with E-state index in [-0.39, 0.29) is 24.4 Å². The number of imide groups is 2. The summed E-state index contributed by atoms with van der Waals surface area (Å²) >= 11 is 3.04. The van der Waals surface area contributed by atoms with E-state index in [1.165, 1.54) is 22.3 Å². The van der Waals surface area contributed by atoms with Gasteiger partial charge in [0.1, 0.15) is 6.54 Å². The number of thiophene rings is 2. The molecule has 0 aliphatic carbocycles. The van der Waals surface area contributed by atoms with Gasteiger partial charge in [-0.2, -0.15) is 0 Å². The molecule has 4 rings (SSSR count). The monoisotopic (exact) mass is 455 g/mol. The molecule has 160 valence electrons. The van der Waals surface area contributed by atoms with Crippen molar-refractivity contribution in [3.05, 3.63) is 56.9 Å². The molecule has 2 aromatic rings. The van der Waals surface area contributed by atoms with Gasteiger partial charge >= 0.3 is 6.03 Å². The summed E-state index contributed by atoms with van der Waals surface area (Å²) in [6, 6.07) is 6.72. The molecular weight excluding hydrogens is 434 g/mol. The fourth-order valence-electron chi connectivity index (χ4n) is 3.67. The predicted octanol–water partition coefficient (Wildman–Crippen LogP) is 3.32. The van der Waals surface area contributed by atoms with Crippen molar-refractivity contribution in [2.75, 3.05) is 19.6 Å². The quantitative estimate of drug-likeness (QED) is 0.512. The van der Waals surface area contributed by atoms with Crippen LogP contribution in [0.25, 0.3) is 12.2 Å². The van der Waals surface area contributed by atoms with Crippen LogP contribution in [0.2, 0.25) is 0 Å². The van der Waals surface area contributed by atoms with Gasteiger partial charge in [-0.05, 0) is 47.9 Å². The minimum atomic E-state index is -0.576. The summed E-state index contributed by atoms with van der Waals surface area (Å²) in [6.45, 7) is 0.679. The second-order valence-electron chi connectivity index (χ2n) is 7.22. The summed E-state index contributed by atoms with van der Waals surface area (Å²) in [5.41, 5.74) is 0. The highest BCUT2D eigenvalue weighted by Gasteiger charge is 2.43. The van der Waals surface area contributed by atoms with Crippen LogP contribution in [0.4, 0.5) is 4.79 Å². The van der Waals surface area contributed by atoms with Crippen molar-refractivity contribution in [2.45, 2.75) is 18.9 Å². The Morgan fingerprint density at radius 3 is 2.03 bits per heavy atom. The van der Waals surface area contributed by atoms with E-state index in [9.17, 15) is 19.2 Å². The third kappa shape index (κ3) is 4.83. The Labute approximate surface area is 187 Å². The van der Waals surface area contributed by atoms with Gasteiger partial charge in [0.2, 0.25) is 5.91 Å². The van der Waals surface area contributed by atoms with Gasteiger partial charge in [0.15, 0.2) is 0 Å². The summed E-state index contributed by atoms with van der Waals surface area (Å²) in [6.07, 6.45) is 7.31. The average molecular weight is 456 g/mol. The zero-order chi connectivity index (χ0) is 21.8. The first-order valence-corrected chi connectivity index (χ1v) is 11.7. The van der Waals surface area contributed by atoms with Crippen LogP contribution < -0.4 is 0 Å². The maximum atomic E-state index is 12.8. The number of amides is 5. The standard InChI is InChI=1S/C22H21N3O4S2/c26-19(7-5-17-3-1-13-30-17)23-11-9-16(10-12-23)25-21(28)15-24(22(25)29)20(27)8-6-18-4-2-14-31-18/h1-8,13-14,16H,9-12,15H2/b7-5+,8-6+. The van der Waals surface area contributed by atoms with Crippen molar-refractivity contribution in [1.29, 1.82) is 0 Å². The van der Waals surface area contributed by atoms with Gasteiger partial charge in [0.05, 0.1) is 0 Å². The van der Waals surface area contributed by atoms with Crippen LogP contribution >= 0.6 is 22.7 Å². The lowest BCUT2D eigenvalue weighted by atomic mass is 10.0. The lowest BCUT2D eigenvalue weighted by Gasteiger charge is -2.35. The van der Waals surface area contributed by atoms with Crippen molar-refractivity contribution >= 4 is 58.6 Å². The van der Waals surface area contributed by atoms with Crippen molar-refractivity contribution in [3.63, 3.8) is 0 Å². The molecule has 7 nitrogen and oxygen atoms in total. The Morgan fingerprint density at radius 2 is 1.48 bits per heavy atom. The molecule has 2 aliphatic heterocycles. The van der Waals surface area contributed by atoms with Crippen LogP contribution in [0.1, 0.15) is 22.6 Å². The van der Waals surface area contributed by atoms with Crippen molar-refractivity contribution < 1.29 is 19.2 Å². The molecule has 4 heterocycles. The Balaban J connectivity index is 1.33. The van der Waals surface area contributed by atoms with E-state index >= 15 is 0 Å². The van der Waals surface area contributed by atoms with Crippen LogP contribution in [-0.4, -0.2) is 64.1 Å². The first kappa shape index (κ1) is 21.2. The summed E-state index contributed by atoms with van der Waals surface area (Å²) in [5, 5.41) is 3.84. The number of urea groups is 1. The van der Waals surface area contributed by atoms with Crippen LogP contribution in [0.5, 0.6) is 0 Å². The fourth-order valence-corrected chi connectivity index (χ4v) is 4.90. The molecule has 0 unspecified atom stereocenters. The van der Waals surface area contributed by atoms with Gasteiger partial charge < -0.3 is 4.90 Å². The molecular formula is C22H21N3O4S2. The molecule has 0 atom stereocenters. The van der Waals surface area contributed by atoms with E-state index in [1.54, 1.807) is 34.5 Å². The average Bonchev–Trinajstić information content (AvgIpc) is 3.53. The first-order valence-electron chi connectivity index (χ1n) is 9.92. The Bertz CT molecular complexity index is 1020. The first-order chi connectivity index (χ1) is 15.0. The molecule has 0 saturated carbocycles. The van der Waals surface area contributed by atoms with E-state index in [4.69, 9.17) is 0 Å². The third-order valence-corrected chi connectivity index (χ3v) is 6.95. The Hall–Kier alpha value is -3.04. The van der Waals surface area contributed by atoms with Crippen molar-refractivity contribution in [3.8, 4) is 0 Å². The highest BCUT2D eigenvalue weighted by molar-refractivity contribution is 7.11. The number of rotatable bonds is 5. The Morgan fingerprint density at radius 1 is 0.903 bits per heavy atom. The van der Waals surface area contributed by atoms with E-state index in [0.29, 0.717) is 25.9 Å². The maximum absolute atomic E-state index is 12.8. The summed E-state index contributed by atoms with van der Waals surface area (Å²) in [4.78, 5) is 55.9. The molecule has 0 N–H and O–H groups in total. The largest absolute Gasteiger partial charge is 0.339 e. The van der Waals surface area contributed by atoms with Gasteiger partial charge in [-0.3, -0.25) is 24.2 Å². The van der Waals surface area contributed by atoms with Crippen molar-refractivity contribution in [1.82, 2.24) is 14.7 Å². The molecule has 0 spiro atoms. The molecule has 0 radical (unpaired) electrons. The number of hydrogen-bond acceptors (Lipinski definition) is 6. The minimum Gasteiger partial charge on any atom is -0.339 e. The molecule has 9 heteroatoms. The lowest BCUT2D eigenvalue weighted by Crippen LogP contribution is -2.49. The summed E-state index contributed by atoms with van der Waals surface area (Å²) in [5.74, 6) is -0.952. The van der Waals surface area contributed by atoms with Gasteiger partial charge in [-0.25, -0.2) is 4.79 Å². The zero-order valence-electron chi connectivity index (χ0n) is 16.7. The number of piperidine rings is 1. The normalized spacial score (nSPS) is 18.1. The molecule has 0 aromatic carbocycles. The number of likely N-dealkylation sites (tertiary alicyclic amines) is 1. The summed E-state index contributed by atoms with van der Waals surface area (Å²) in [7, 11) is 0. The second kappa shape index (κ2) is 9.40. The van der Waals surface area contributed by atoms with E-state index < -0.39 is 11.9 Å². The molecule has 2 saturated heterocycles. The van der Waals surface area contributed by atoms with E-state index in [1.807, 2.05) is 35.0 Å². The highest BCUT2D eigenvalue weighted by atomic mass is 32.1. The zero-order valence-corrected chi connectivity index (χ0v) is 18.3. The van der Waals surface area contributed by atoms with Gasteiger partial charge in [0.25, 0.3) is 11.8 Å². The Kier molecular flexibility index (Phi) is 6.43. The van der Waals surface area contributed by atoms with E-state index in [2.05, 4.69) is 0 Å². The highest BCUT2D eigenvalue weighted by Crippen LogP contribution is 2.23. The molecule has 2 aliphatic rings. The second-order valence-corrected chi connectivity index (χ2v) is 9.18. The van der Waals surface area contributed by atoms with E-state index in [0.717, 1.165) is 14.7 Å². The topological polar surface area (TPSA) is 78.0 Å². The third-order valence-electron chi connectivity index (χ3n) is 5.27. The predicted molar refractivity (Wildman–Crippen MR) is 120 cm³/mol. The summed E-state index contributed by atoms with van der Waals surface area (Å²) < 4.78 is 0. The van der Waals surface area contributed by atoms with Gasteiger partial charge in [-0.15, -0.1) is 22.7 Å². The molecule has 0 bridgehead atoms. The van der Waals surface area contributed by atoms with Crippen LogP contribution in [0.15, 0.2) is 47.2 Å². The number of nitrogens with zero attached hydrogens (tertiary/aromatic N) is 3. The number of carbonyl (C=O) groups excluding carboxylic acids is 4. The maximum Gasteiger partial charge on any atom is 0.334 e. The molecule has 31 heavy (non-hydrogen) atoms. The molecule has 2 aromatic heterocycles. The lowest BCUT2D eigenvalue weighted by molar-refractivity contribution is -0.130. The van der Waals surface area contributed by atoms with Gasteiger partial charge in [0, 0.05) is 41.0 Å². The molecule has 5 amide bonds. The number of hydrogen-bond donors (Lipinski definition) is 0. The van der Waals surface area contributed by atoms with Crippen molar-refractivity contribution in [2.24, 2.45) is 0 Å². The minimum absolute atomic E-state index is 0.0820. The fraction of sp³-hybridized carbons (Fsp3) is 0.273. The number of carbonyl (C=O) groups is 4. The van der Waals surface area contributed by atoms with Crippen LogP contribution in [0.3, 0.4) is 0 Å². The molecule has 2 fully saturated rings. The van der Waals surface area contributed by atoms with Gasteiger partial charge in [-0.1, -0.05) is 12.1 Å².